The Morgan fingerprint density at radius 1 is 1.44 bits per heavy atom. The molecule has 0 spiro atoms. The maximum absolute atomic E-state index is 11.3. The van der Waals surface area contributed by atoms with Crippen molar-refractivity contribution in [2.45, 2.75) is 12.8 Å². The van der Waals surface area contributed by atoms with E-state index in [2.05, 4.69) is 15.3 Å². The van der Waals surface area contributed by atoms with Crippen molar-refractivity contribution < 1.29 is 9.59 Å². The summed E-state index contributed by atoms with van der Waals surface area (Å²) in [7, 11) is 0. The van der Waals surface area contributed by atoms with Gasteiger partial charge in [-0.3, -0.25) is 10.1 Å². The molecular weight excluding hydrogens is 206 g/mol. The molecule has 2 N–H and O–H groups in total. The summed E-state index contributed by atoms with van der Waals surface area (Å²) in [6.07, 6.45) is 1.13. The summed E-state index contributed by atoms with van der Waals surface area (Å²) in [6.45, 7) is 0. The van der Waals surface area contributed by atoms with E-state index in [1.165, 1.54) is 0 Å². The predicted octanol–water partition coefficient (Wildman–Crippen LogP) is 1.48. The molecule has 2 rings (SSSR count). The molecule has 1 amide bonds. The van der Waals surface area contributed by atoms with Gasteiger partial charge in [-0.15, -0.1) is 0 Å². The van der Waals surface area contributed by atoms with E-state index in [0.717, 1.165) is 17.3 Å². The van der Waals surface area contributed by atoms with E-state index >= 15 is 0 Å². The highest BCUT2D eigenvalue weighted by Gasteiger charge is 2.05. The standard InChI is InChI=1S/C11H11N3O2/c15-7-3-6-10(16)14-11-12-8-4-1-2-5-9(8)13-11/h1-2,4-5,7H,3,6H2,(H2,12,13,14,16). The first kappa shape index (κ1) is 10.4. The highest BCUT2D eigenvalue weighted by molar-refractivity contribution is 5.91. The summed E-state index contributed by atoms with van der Waals surface area (Å²) < 4.78 is 0. The van der Waals surface area contributed by atoms with Gasteiger partial charge >= 0.3 is 0 Å². The summed E-state index contributed by atoms with van der Waals surface area (Å²) in [6, 6.07) is 7.50. The third kappa shape index (κ3) is 2.25. The number of imidazole rings is 1. The van der Waals surface area contributed by atoms with Gasteiger partial charge in [-0.2, -0.15) is 0 Å². The predicted molar refractivity (Wildman–Crippen MR) is 60.0 cm³/mol. The van der Waals surface area contributed by atoms with Crippen molar-refractivity contribution in [3.8, 4) is 0 Å². The Morgan fingerprint density at radius 2 is 2.25 bits per heavy atom. The lowest BCUT2D eigenvalue weighted by Crippen LogP contribution is -2.12. The summed E-state index contributed by atoms with van der Waals surface area (Å²) in [5.41, 5.74) is 1.67. The molecule has 0 radical (unpaired) electrons. The van der Waals surface area contributed by atoms with Crippen LogP contribution in [-0.4, -0.2) is 22.2 Å². The van der Waals surface area contributed by atoms with Crippen molar-refractivity contribution >= 4 is 29.2 Å². The Morgan fingerprint density at radius 3 is 3.00 bits per heavy atom. The van der Waals surface area contributed by atoms with Gasteiger partial charge in [0.05, 0.1) is 11.0 Å². The van der Waals surface area contributed by atoms with Gasteiger partial charge in [-0.25, -0.2) is 4.98 Å². The Hall–Kier alpha value is -2.17. The first-order valence-corrected chi connectivity index (χ1v) is 4.98. The van der Waals surface area contributed by atoms with Crippen molar-refractivity contribution in [2.24, 2.45) is 0 Å². The molecule has 82 valence electrons. The minimum atomic E-state index is -0.217. The molecule has 1 aromatic heterocycles. The van der Waals surface area contributed by atoms with Gasteiger partial charge < -0.3 is 9.78 Å². The molecule has 5 nitrogen and oxygen atoms in total. The third-order valence-electron chi connectivity index (χ3n) is 2.14. The lowest BCUT2D eigenvalue weighted by Gasteiger charge is -1.97. The van der Waals surface area contributed by atoms with Crippen LogP contribution in [0.4, 0.5) is 5.95 Å². The molecule has 1 heterocycles. The van der Waals surface area contributed by atoms with Crippen LogP contribution < -0.4 is 5.32 Å². The molecule has 5 heteroatoms. The number of nitrogens with one attached hydrogen (secondary N) is 2. The second-order valence-corrected chi connectivity index (χ2v) is 3.36. The van der Waals surface area contributed by atoms with Gasteiger partial charge in [0, 0.05) is 12.8 Å². The Kier molecular flexibility index (Phi) is 2.95. The first-order chi connectivity index (χ1) is 7.79. The fourth-order valence-electron chi connectivity index (χ4n) is 1.40. The topological polar surface area (TPSA) is 74.8 Å². The molecule has 0 aliphatic heterocycles. The van der Waals surface area contributed by atoms with E-state index < -0.39 is 0 Å². The fourth-order valence-corrected chi connectivity index (χ4v) is 1.40. The van der Waals surface area contributed by atoms with Gasteiger partial charge in [-0.05, 0) is 12.1 Å². The Bertz CT molecular complexity index is 486. The second kappa shape index (κ2) is 4.57. The van der Waals surface area contributed by atoms with Gasteiger partial charge in [0.2, 0.25) is 11.9 Å². The number of carbonyl (C=O) groups is 2. The van der Waals surface area contributed by atoms with E-state index in [0.29, 0.717) is 5.95 Å². The number of H-pyrrole nitrogens is 1. The van der Waals surface area contributed by atoms with Crippen LogP contribution in [0.15, 0.2) is 24.3 Å². The van der Waals surface area contributed by atoms with Crippen LogP contribution in [0.5, 0.6) is 0 Å². The van der Waals surface area contributed by atoms with Crippen LogP contribution >= 0.6 is 0 Å². The number of amides is 1. The minimum Gasteiger partial charge on any atom is -0.324 e. The van der Waals surface area contributed by atoms with Gasteiger partial charge in [0.15, 0.2) is 0 Å². The molecule has 0 fully saturated rings. The number of aldehydes is 1. The number of aromatic amines is 1. The zero-order chi connectivity index (χ0) is 11.4. The molecule has 16 heavy (non-hydrogen) atoms. The molecule has 2 aromatic rings. The van der Waals surface area contributed by atoms with Crippen molar-refractivity contribution in [2.75, 3.05) is 5.32 Å². The highest BCUT2D eigenvalue weighted by Crippen LogP contribution is 2.13. The van der Waals surface area contributed by atoms with Crippen LogP contribution in [0.3, 0.4) is 0 Å². The largest absolute Gasteiger partial charge is 0.324 e. The number of nitrogens with zero attached hydrogens (tertiary/aromatic N) is 1. The third-order valence-corrected chi connectivity index (χ3v) is 2.14. The first-order valence-electron chi connectivity index (χ1n) is 4.98. The summed E-state index contributed by atoms with van der Waals surface area (Å²) >= 11 is 0. The summed E-state index contributed by atoms with van der Waals surface area (Å²) in [5.74, 6) is 0.197. The molecule has 0 aliphatic rings. The van der Waals surface area contributed by atoms with Gasteiger partial charge in [0.25, 0.3) is 0 Å². The second-order valence-electron chi connectivity index (χ2n) is 3.36. The van der Waals surface area contributed by atoms with Crippen LogP contribution in [0.1, 0.15) is 12.8 Å². The van der Waals surface area contributed by atoms with E-state index in [1.807, 2.05) is 24.3 Å². The molecule has 0 unspecified atom stereocenters. The number of benzene rings is 1. The van der Waals surface area contributed by atoms with E-state index in [-0.39, 0.29) is 18.7 Å². The minimum absolute atomic E-state index is 0.181. The van der Waals surface area contributed by atoms with Gasteiger partial charge in [-0.1, -0.05) is 12.1 Å². The van der Waals surface area contributed by atoms with E-state index in [1.54, 1.807) is 0 Å². The monoisotopic (exact) mass is 217 g/mol. The number of anilines is 1. The fraction of sp³-hybridized carbons (Fsp3) is 0.182. The maximum atomic E-state index is 11.3. The molecule has 0 saturated heterocycles. The molecule has 0 bridgehead atoms. The maximum Gasteiger partial charge on any atom is 0.227 e. The lowest BCUT2D eigenvalue weighted by molar-refractivity contribution is -0.118. The van der Waals surface area contributed by atoms with Gasteiger partial charge in [0.1, 0.15) is 6.29 Å². The Balaban J connectivity index is 2.09. The number of fused-ring (bicyclic) bond motifs is 1. The zero-order valence-electron chi connectivity index (χ0n) is 8.56. The van der Waals surface area contributed by atoms with Crippen LogP contribution in [-0.2, 0) is 9.59 Å². The van der Waals surface area contributed by atoms with E-state index in [4.69, 9.17) is 0 Å². The number of rotatable bonds is 4. The average molecular weight is 217 g/mol. The number of hydrogen-bond acceptors (Lipinski definition) is 3. The average Bonchev–Trinajstić information content (AvgIpc) is 2.68. The van der Waals surface area contributed by atoms with Crippen molar-refractivity contribution in [1.82, 2.24) is 9.97 Å². The number of aromatic nitrogens is 2. The summed E-state index contributed by atoms with van der Waals surface area (Å²) in [5, 5.41) is 2.60. The number of carbonyl (C=O) groups excluding carboxylic acids is 2. The summed E-state index contributed by atoms with van der Waals surface area (Å²) in [4.78, 5) is 28.6. The van der Waals surface area contributed by atoms with E-state index in [9.17, 15) is 9.59 Å². The molecule has 0 saturated carbocycles. The number of para-hydroxylation sites is 2. The molecular formula is C11H11N3O2. The van der Waals surface area contributed by atoms with Crippen LogP contribution in [0.2, 0.25) is 0 Å². The normalized spacial score (nSPS) is 10.2. The quantitative estimate of drug-likeness (QED) is 0.762. The highest BCUT2D eigenvalue weighted by atomic mass is 16.2. The number of hydrogen-bond donors (Lipinski definition) is 2. The molecule has 1 aromatic carbocycles. The Labute approximate surface area is 91.9 Å². The smallest absolute Gasteiger partial charge is 0.227 e. The van der Waals surface area contributed by atoms with Crippen molar-refractivity contribution in [3.05, 3.63) is 24.3 Å². The molecule has 0 aliphatic carbocycles. The van der Waals surface area contributed by atoms with Crippen molar-refractivity contribution in [3.63, 3.8) is 0 Å². The van der Waals surface area contributed by atoms with Crippen molar-refractivity contribution in [1.29, 1.82) is 0 Å². The SMILES string of the molecule is O=CCCC(=O)Nc1nc2ccccc2[nH]1. The van der Waals surface area contributed by atoms with Crippen LogP contribution in [0, 0.1) is 0 Å². The molecule has 0 atom stereocenters. The lowest BCUT2D eigenvalue weighted by atomic mass is 10.3. The van der Waals surface area contributed by atoms with Crippen LogP contribution in [0.25, 0.3) is 11.0 Å². The zero-order valence-corrected chi connectivity index (χ0v) is 8.56.